The molecule has 0 aromatic rings. The second-order valence-electron chi connectivity index (χ2n) is 2.28. The molecule has 0 amide bonds. The average Bonchev–Trinajstić information content (AvgIpc) is 2.33. The van der Waals surface area contributed by atoms with Crippen LogP contribution in [-0.4, -0.2) is 23.4 Å². The molecule has 2 aliphatic rings. The first-order chi connectivity index (χ1) is 3.38. The Bertz CT molecular complexity index is 92.1. The van der Waals surface area contributed by atoms with E-state index in [2.05, 4.69) is 0 Å². The van der Waals surface area contributed by atoms with Crippen molar-refractivity contribution >= 4 is 0 Å². The average molecular weight is 100 g/mol. The first-order valence-electron chi connectivity index (χ1n) is 2.71. The minimum atomic E-state index is -0.134. The van der Waals surface area contributed by atoms with Crippen LogP contribution in [0.4, 0.5) is 0 Å². The molecule has 1 aliphatic carbocycles. The molecule has 1 N–H and O–H groups in total. The molecule has 2 rings (SSSR count). The van der Waals surface area contributed by atoms with E-state index in [1.165, 1.54) is 0 Å². The molecule has 7 heavy (non-hydrogen) atoms. The normalized spacial score (nSPS) is 57.0. The van der Waals surface area contributed by atoms with Crippen molar-refractivity contribution < 1.29 is 9.84 Å². The maximum Gasteiger partial charge on any atom is 0.110 e. The van der Waals surface area contributed by atoms with Gasteiger partial charge in [-0.2, -0.15) is 0 Å². The van der Waals surface area contributed by atoms with Gasteiger partial charge in [0.05, 0.1) is 12.2 Å². The zero-order chi connectivity index (χ0) is 4.85. The van der Waals surface area contributed by atoms with Gasteiger partial charge in [-0.3, -0.25) is 0 Å². The van der Waals surface area contributed by atoms with Gasteiger partial charge in [-0.15, -0.1) is 0 Å². The van der Waals surface area contributed by atoms with Crippen LogP contribution in [0.2, 0.25) is 0 Å². The van der Waals surface area contributed by atoms with E-state index in [1.807, 2.05) is 0 Å². The van der Waals surface area contributed by atoms with Crippen molar-refractivity contribution in [2.24, 2.45) is 0 Å². The van der Waals surface area contributed by atoms with Crippen molar-refractivity contribution in [2.75, 3.05) is 0 Å². The first-order valence-corrected chi connectivity index (χ1v) is 2.71. The van der Waals surface area contributed by atoms with Gasteiger partial charge in [0.1, 0.15) is 6.10 Å². The van der Waals surface area contributed by atoms with E-state index >= 15 is 0 Å². The summed E-state index contributed by atoms with van der Waals surface area (Å²) in [5, 5.41) is 8.91. The van der Waals surface area contributed by atoms with Gasteiger partial charge >= 0.3 is 0 Å². The van der Waals surface area contributed by atoms with Gasteiger partial charge in [-0.25, -0.2) is 0 Å². The van der Waals surface area contributed by atoms with Gasteiger partial charge < -0.3 is 9.84 Å². The molecule has 1 aliphatic heterocycles. The van der Waals surface area contributed by atoms with E-state index in [1.54, 1.807) is 0 Å². The molecule has 0 bridgehead atoms. The third kappa shape index (κ3) is 0.409. The van der Waals surface area contributed by atoms with Crippen LogP contribution in [0.25, 0.3) is 0 Å². The molecule has 1 saturated heterocycles. The Morgan fingerprint density at radius 2 is 2.29 bits per heavy atom. The van der Waals surface area contributed by atoms with Crippen LogP contribution in [0.5, 0.6) is 0 Å². The third-order valence-corrected chi connectivity index (χ3v) is 1.75. The molecule has 1 heterocycles. The summed E-state index contributed by atoms with van der Waals surface area (Å²) < 4.78 is 5.02. The summed E-state index contributed by atoms with van der Waals surface area (Å²) in [4.78, 5) is 0. The molecular formula is C5H8O2. The summed E-state index contributed by atoms with van der Waals surface area (Å²) in [5.74, 6) is 0. The highest BCUT2D eigenvalue weighted by Gasteiger charge is 2.49. The van der Waals surface area contributed by atoms with Gasteiger partial charge in [-0.1, -0.05) is 0 Å². The van der Waals surface area contributed by atoms with Crippen molar-refractivity contribution in [2.45, 2.75) is 31.2 Å². The molecular weight excluding hydrogens is 92.1 g/mol. The van der Waals surface area contributed by atoms with E-state index in [4.69, 9.17) is 9.84 Å². The Kier molecular flexibility index (Phi) is 0.557. The number of hydrogen-bond acceptors (Lipinski definition) is 2. The molecule has 0 radical (unpaired) electrons. The summed E-state index contributed by atoms with van der Waals surface area (Å²) in [7, 11) is 0. The predicted molar refractivity (Wildman–Crippen MR) is 23.9 cm³/mol. The number of rotatable bonds is 0. The predicted octanol–water partition coefficient (Wildman–Crippen LogP) is -0.0915. The summed E-state index contributed by atoms with van der Waals surface area (Å²) >= 11 is 0. The molecule has 2 nitrogen and oxygen atoms in total. The highest BCUT2D eigenvalue weighted by atomic mass is 16.6. The fraction of sp³-hybridized carbons (Fsp3) is 1.00. The van der Waals surface area contributed by atoms with E-state index in [0.29, 0.717) is 6.10 Å². The minimum absolute atomic E-state index is 0.134. The molecule has 2 fully saturated rings. The zero-order valence-corrected chi connectivity index (χ0v) is 4.00. The molecule has 40 valence electrons. The van der Waals surface area contributed by atoms with Crippen LogP contribution in [0.3, 0.4) is 0 Å². The molecule has 3 atom stereocenters. The van der Waals surface area contributed by atoms with Gasteiger partial charge in [0, 0.05) is 0 Å². The lowest BCUT2D eigenvalue weighted by atomic mass is 10.3. The third-order valence-electron chi connectivity index (χ3n) is 1.75. The number of aliphatic hydroxyl groups is 1. The Morgan fingerprint density at radius 3 is 2.43 bits per heavy atom. The van der Waals surface area contributed by atoms with Crippen LogP contribution >= 0.6 is 0 Å². The van der Waals surface area contributed by atoms with E-state index in [9.17, 15) is 0 Å². The van der Waals surface area contributed by atoms with Crippen molar-refractivity contribution in [1.82, 2.24) is 0 Å². The van der Waals surface area contributed by atoms with Crippen molar-refractivity contribution in [3.8, 4) is 0 Å². The Balaban J connectivity index is 2.08. The maximum absolute atomic E-state index is 8.91. The highest BCUT2D eigenvalue weighted by molar-refractivity contribution is 4.97. The number of aliphatic hydroxyl groups excluding tert-OH is 1. The van der Waals surface area contributed by atoms with Crippen LogP contribution in [0.1, 0.15) is 12.8 Å². The Hall–Kier alpha value is -0.0800. The highest BCUT2D eigenvalue weighted by Crippen LogP contribution is 2.38. The van der Waals surface area contributed by atoms with Crippen molar-refractivity contribution in [3.63, 3.8) is 0 Å². The Morgan fingerprint density at radius 1 is 1.43 bits per heavy atom. The van der Waals surface area contributed by atoms with Gasteiger partial charge in [0.2, 0.25) is 0 Å². The molecule has 0 aromatic carbocycles. The second-order valence-corrected chi connectivity index (χ2v) is 2.28. The second kappa shape index (κ2) is 1.01. The van der Waals surface area contributed by atoms with Crippen LogP contribution in [-0.2, 0) is 4.74 Å². The van der Waals surface area contributed by atoms with E-state index in [-0.39, 0.29) is 12.2 Å². The fourth-order valence-electron chi connectivity index (χ4n) is 1.23. The smallest absolute Gasteiger partial charge is 0.110 e. The number of epoxide rings is 1. The largest absolute Gasteiger partial charge is 0.390 e. The summed E-state index contributed by atoms with van der Waals surface area (Å²) in [6, 6.07) is 0. The van der Waals surface area contributed by atoms with Crippen LogP contribution < -0.4 is 0 Å². The van der Waals surface area contributed by atoms with Crippen LogP contribution in [0.15, 0.2) is 0 Å². The van der Waals surface area contributed by atoms with Crippen molar-refractivity contribution in [1.29, 1.82) is 0 Å². The SMILES string of the molecule is O[C@H]1CCC2O[C@H]21. The summed E-state index contributed by atoms with van der Waals surface area (Å²) in [5.41, 5.74) is 0. The van der Waals surface area contributed by atoms with E-state index < -0.39 is 0 Å². The summed E-state index contributed by atoms with van der Waals surface area (Å²) in [6.07, 6.45) is 2.57. The molecule has 0 aromatic heterocycles. The minimum Gasteiger partial charge on any atom is -0.390 e. The van der Waals surface area contributed by atoms with Gasteiger partial charge in [-0.05, 0) is 12.8 Å². The van der Waals surface area contributed by atoms with Gasteiger partial charge in [0.15, 0.2) is 0 Å². The molecule has 2 heteroatoms. The fourth-order valence-corrected chi connectivity index (χ4v) is 1.23. The Labute approximate surface area is 42.1 Å². The van der Waals surface area contributed by atoms with E-state index in [0.717, 1.165) is 12.8 Å². The topological polar surface area (TPSA) is 32.8 Å². The first kappa shape index (κ1) is 3.87. The molecule has 0 spiro atoms. The lowest BCUT2D eigenvalue weighted by Gasteiger charge is -1.96. The molecule has 1 saturated carbocycles. The quantitative estimate of drug-likeness (QED) is 0.431. The number of ether oxygens (including phenoxy) is 1. The van der Waals surface area contributed by atoms with Crippen molar-refractivity contribution in [3.05, 3.63) is 0 Å². The lowest BCUT2D eigenvalue weighted by molar-refractivity contribution is 0.119. The summed E-state index contributed by atoms with van der Waals surface area (Å²) in [6.45, 7) is 0. The number of hydrogen-bond donors (Lipinski definition) is 1. The van der Waals surface area contributed by atoms with Crippen LogP contribution in [0, 0.1) is 0 Å². The van der Waals surface area contributed by atoms with Gasteiger partial charge in [0.25, 0.3) is 0 Å². The maximum atomic E-state index is 8.91. The monoisotopic (exact) mass is 100 g/mol. The number of fused-ring (bicyclic) bond motifs is 1. The zero-order valence-electron chi connectivity index (χ0n) is 4.00. The lowest BCUT2D eigenvalue weighted by Crippen LogP contribution is -2.08. The standard InChI is InChI=1S/C5H8O2/c6-3-1-2-4-5(3)7-4/h3-6H,1-2H2/t3-,4?,5-/m0/s1. The molecule has 1 unspecified atom stereocenters.